The van der Waals surface area contributed by atoms with Gasteiger partial charge in [0.2, 0.25) is 0 Å². The summed E-state index contributed by atoms with van der Waals surface area (Å²) in [6.45, 7) is 0. The van der Waals surface area contributed by atoms with E-state index in [9.17, 15) is 4.79 Å². The molecule has 0 N–H and O–H groups in total. The normalized spacial score (nSPS) is 9.38. The van der Waals surface area contributed by atoms with Crippen LogP contribution in [0.1, 0.15) is 21.5 Å². The minimum absolute atomic E-state index is 0.249. The Morgan fingerprint density at radius 2 is 2.19 bits per heavy atom. The molecule has 0 amide bonds. The number of hydrogen-bond donors (Lipinski definition) is 0. The highest BCUT2D eigenvalue weighted by Gasteiger charge is 2.17. The smallest absolute Gasteiger partial charge is 0.341 e. The monoisotopic (exact) mass is 283 g/mol. The molecule has 16 heavy (non-hydrogen) atoms. The van der Waals surface area contributed by atoms with Gasteiger partial charge >= 0.3 is 5.97 Å². The van der Waals surface area contributed by atoms with Gasteiger partial charge in [-0.2, -0.15) is 5.26 Å². The molecule has 0 spiro atoms. The highest BCUT2D eigenvalue weighted by molar-refractivity contribution is 9.08. The maximum Gasteiger partial charge on any atom is 0.341 e. The van der Waals surface area contributed by atoms with Gasteiger partial charge in [0.15, 0.2) is 5.75 Å². The third-order valence-corrected chi connectivity index (χ3v) is 2.68. The van der Waals surface area contributed by atoms with Crippen LogP contribution in [-0.4, -0.2) is 20.2 Å². The molecular formula is C11H10BrNO3. The van der Waals surface area contributed by atoms with E-state index in [1.54, 1.807) is 12.1 Å². The van der Waals surface area contributed by atoms with Gasteiger partial charge in [0.25, 0.3) is 0 Å². The summed E-state index contributed by atoms with van der Waals surface area (Å²) in [5, 5.41) is 9.50. The Morgan fingerprint density at radius 3 is 2.62 bits per heavy atom. The van der Waals surface area contributed by atoms with Crippen molar-refractivity contribution in [3.05, 3.63) is 28.8 Å². The summed E-state index contributed by atoms with van der Waals surface area (Å²) >= 11 is 3.27. The summed E-state index contributed by atoms with van der Waals surface area (Å²) in [6.07, 6.45) is 0. The van der Waals surface area contributed by atoms with Crippen molar-refractivity contribution in [3.8, 4) is 11.8 Å². The number of carbonyl (C=O) groups excluding carboxylic acids is 1. The second-order valence-electron chi connectivity index (χ2n) is 2.96. The number of carbonyl (C=O) groups is 1. The van der Waals surface area contributed by atoms with E-state index < -0.39 is 5.97 Å². The lowest BCUT2D eigenvalue weighted by Gasteiger charge is -2.10. The van der Waals surface area contributed by atoms with Crippen LogP contribution in [0.4, 0.5) is 0 Å². The van der Waals surface area contributed by atoms with Gasteiger partial charge in [0.1, 0.15) is 11.6 Å². The molecule has 0 atom stereocenters. The molecule has 0 fully saturated rings. The number of hydrogen-bond acceptors (Lipinski definition) is 4. The van der Waals surface area contributed by atoms with Crippen molar-refractivity contribution in [3.63, 3.8) is 0 Å². The molecule has 84 valence electrons. The molecule has 1 aromatic carbocycles. The average molecular weight is 284 g/mol. The van der Waals surface area contributed by atoms with Gasteiger partial charge in [-0.3, -0.25) is 0 Å². The third kappa shape index (κ3) is 2.34. The number of alkyl halides is 1. The Morgan fingerprint density at radius 1 is 1.50 bits per heavy atom. The zero-order chi connectivity index (χ0) is 12.1. The predicted octanol–water partition coefficient (Wildman–Crippen LogP) is 2.25. The summed E-state index contributed by atoms with van der Waals surface area (Å²) in [4.78, 5) is 11.5. The Balaban J connectivity index is 3.44. The molecule has 0 unspecified atom stereocenters. The summed E-state index contributed by atoms with van der Waals surface area (Å²) in [6, 6.07) is 5.29. The lowest BCUT2D eigenvalue weighted by atomic mass is 10.1. The average Bonchev–Trinajstić information content (AvgIpc) is 2.35. The third-order valence-electron chi connectivity index (χ3n) is 2.03. The molecule has 0 radical (unpaired) electrons. The largest absolute Gasteiger partial charge is 0.494 e. The number of benzene rings is 1. The van der Waals surface area contributed by atoms with Crippen LogP contribution in [-0.2, 0) is 10.1 Å². The van der Waals surface area contributed by atoms with Gasteiger partial charge in [-0.05, 0) is 17.7 Å². The molecule has 0 saturated carbocycles. The lowest BCUT2D eigenvalue weighted by molar-refractivity contribution is 0.0597. The van der Waals surface area contributed by atoms with Crippen molar-refractivity contribution in [1.82, 2.24) is 0 Å². The number of nitrogens with zero attached hydrogens (tertiary/aromatic N) is 1. The van der Waals surface area contributed by atoms with Crippen molar-refractivity contribution >= 4 is 21.9 Å². The van der Waals surface area contributed by atoms with E-state index >= 15 is 0 Å². The molecular weight excluding hydrogens is 274 g/mol. The quantitative estimate of drug-likeness (QED) is 0.631. The molecule has 1 aromatic rings. The summed E-state index contributed by atoms with van der Waals surface area (Å²) in [5.41, 5.74) is 1.40. The Bertz CT molecular complexity index is 451. The molecule has 0 aliphatic rings. The molecule has 0 bridgehead atoms. The second kappa shape index (κ2) is 5.52. The van der Waals surface area contributed by atoms with Gasteiger partial charge in [0, 0.05) is 5.33 Å². The molecule has 1 rings (SSSR count). The van der Waals surface area contributed by atoms with Crippen molar-refractivity contribution in [2.45, 2.75) is 5.33 Å². The SMILES string of the molecule is COC(=O)c1cc(CBr)cc(C#N)c1OC. The van der Waals surface area contributed by atoms with Gasteiger partial charge in [0.05, 0.1) is 19.8 Å². The molecule has 0 aliphatic carbocycles. The second-order valence-corrected chi connectivity index (χ2v) is 3.52. The first-order valence-corrected chi connectivity index (χ1v) is 5.55. The van der Waals surface area contributed by atoms with Gasteiger partial charge in [-0.1, -0.05) is 15.9 Å². The first-order chi connectivity index (χ1) is 7.67. The zero-order valence-corrected chi connectivity index (χ0v) is 10.5. The number of ether oxygens (including phenoxy) is 2. The van der Waals surface area contributed by atoms with Crippen LogP contribution in [0.15, 0.2) is 12.1 Å². The summed E-state index contributed by atoms with van der Waals surface area (Å²) < 4.78 is 9.69. The van der Waals surface area contributed by atoms with Crippen LogP contribution in [0, 0.1) is 11.3 Å². The van der Waals surface area contributed by atoms with E-state index in [2.05, 4.69) is 20.7 Å². The standard InChI is InChI=1S/C11H10BrNO3/c1-15-10-8(6-13)3-7(5-12)4-9(10)11(14)16-2/h3-4H,5H2,1-2H3. The van der Waals surface area contributed by atoms with Crippen molar-refractivity contribution in [1.29, 1.82) is 5.26 Å². The fourth-order valence-electron chi connectivity index (χ4n) is 1.33. The number of nitriles is 1. The first-order valence-electron chi connectivity index (χ1n) is 4.43. The van der Waals surface area contributed by atoms with E-state index in [0.29, 0.717) is 10.9 Å². The number of esters is 1. The number of methoxy groups -OCH3 is 2. The van der Waals surface area contributed by atoms with E-state index in [0.717, 1.165) is 5.56 Å². The molecule has 0 saturated heterocycles. The highest BCUT2D eigenvalue weighted by atomic mass is 79.9. The van der Waals surface area contributed by atoms with Gasteiger partial charge in [-0.15, -0.1) is 0 Å². The van der Waals surface area contributed by atoms with Crippen molar-refractivity contribution in [2.75, 3.05) is 14.2 Å². The van der Waals surface area contributed by atoms with Crippen LogP contribution in [0.25, 0.3) is 0 Å². The maximum absolute atomic E-state index is 11.5. The van der Waals surface area contributed by atoms with Crippen LogP contribution in [0.3, 0.4) is 0 Å². The van der Waals surface area contributed by atoms with Gasteiger partial charge < -0.3 is 9.47 Å². The molecule has 0 aromatic heterocycles. The van der Waals surface area contributed by atoms with Crippen molar-refractivity contribution < 1.29 is 14.3 Å². The Hall–Kier alpha value is -1.54. The Kier molecular flexibility index (Phi) is 4.32. The highest BCUT2D eigenvalue weighted by Crippen LogP contribution is 2.26. The minimum atomic E-state index is -0.517. The molecule has 0 aliphatic heterocycles. The number of rotatable bonds is 3. The molecule has 5 heteroatoms. The van der Waals surface area contributed by atoms with E-state index in [4.69, 9.17) is 10.00 Å². The lowest BCUT2D eigenvalue weighted by Crippen LogP contribution is -2.06. The van der Waals surface area contributed by atoms with Crippen molar-refractivity contribution in [2.24, 2.45) is 0 Å². The molecule has 0 heterocycles. The van der Waals surface area contributed by atoms with Gasteiger partial charge in [-0.25, -0.2) is 4.79 Å². The van der Waals surface area contributed by atoms with Crippen LogP contribution < -0.4 is 4.74 Å². The predicted molar refractivity (Wildman–Crippen MR) is 61.7 cm³/mol. The topological polar surface area (TPSA) is 59.3 Å². The fraction of sp³-hybridized carbons (Fsp3) is 0.273. The van der Waals surface area contributed by atoms with Crippen LogP contribution >= 0.6 is 15.9 Å². The molecule has 4 nitrogen and oxygen atoms in total. The Labute approximate surface area is 102 Å². The van der Waals surface area contributed by atoms with Crippen LogP contribution in [0.2, 0.25) is 0 Å². The van der Waals surface area contributed by atoms with Crippen LogP contribution in [0.5, 0.6) is 5.75 Å². The maximum atomic E-state index is 11.5. The minimum Gasteiger partial charge on any atom is -0.494 e. The summed E-state index contributed by atoms with van der Waals surface area (Å²) in [7, 11) is 2.70. The first kappa shape index (κ1) is 12.5. The summed E-state index contributed by atoms with van der Waals surface area (Å²) in [5.74, 6) is -0.268. The fourth-order valence-corrected chi connectivity index (χ4v) is 1.65. The van der Waals surface area contributed by atoms with E-state index in [1.165, 1.54) is 14.2 Å². The van der Waals surface area contributed by atoms with E-state index in [1.807, 2.05) is 6.07 Å². The van der Waals surface area contributed by atoms with E-state index in [-0.39, 0.29) is 11.3 Å². The number of halogens is 1. The zero-order valence-electron chi connectivity index (χ0n) is 8.91.